The predicted octanol–water partition coefficient (Wildman–Crippen LogP) is 6.76. The van der Waals surface area contributed by atoms with Crippen molar-refractivity contribution in [3.05, 3.63) is 69.8 Å². The predicted molar refractivity (Wildman–Crippen MR) is 123 cm³/mol. The van der Waals surface area contributed by atoms with Crippen molar-refractivity contribution in [1.29, 1.82) is 0 Å². The van der Waals surface area contributed by atoms with Crippen LogP contribution in [0.1, 0.15) is 101 Å². The molecule has 2 heteroatoms. The van der Waals surface area contributed by atoms with Gasteiger partial charge in [-0.1, -0.05) is 91.8 Å². The van der Waals surface area contributed by atoms with Crippen LogP contribution in [0.3, 0.4) is 0 Å². The first-order valence-electron chi connectivity index (χ1n) is 10.8. The average Bonchev–Trinajstić information content (AvgIpc) is 2.74. The first-order valence-corrected chi connectivity index (χ1v) is 10.8. The van der Waals surface area contributed by atoms with Gasteiger partial charge in [0.15, 0.2) is 0 Å². The third kappa shape index (κ3) is 8.16. The smallest absolute Gasteiger partial charge is 0.0681 e. The zero-order valence-corrected chi connectivity index (χ0v) is 19.3. The summed E-state index contributed by atoms with van der Waals surface area (Å²) in [5, 5.41) is 18.0. The fraction of sp³-hybridized carbons (Fsp3) is 0.538. The van der Waals surface area contributed by atoms with Crippen molar-refractivity contribution in [1.82, 2.24) is 0 Å². The molecule has 2 rings (SSSR count). The standard InChI is InChI=1S/2C12H18O.C2H6/c1-4-11-7-10(8-13)5-6-12(11)9(2)3;1-4-11-6-5-10(8-13)7-12(11)9(2)3;1-2/h2*5-7,9,13H,4,8H2,1-3H3;1-2H3. The second kappa shape index (κ2) is 14.4. The summed E-state index contributed by atoms with van der Waals surface area (Å²) in [5.41, 5.74) is 7.56. The number of rotatable bonds is 6. The lowest BCUT2D eigenvalue weighted by molar-refractivity contribution is 0.281. The van der Waals surface area contributed by atoms with Crippen LogP contribution in [0, 0.1) is 0 Å². The van der Waals surface area contributed by atoms with E-state index in [0.29, 0.717) is 11.8 Å². The van der Waals surface area contributed by atoms with Gasteiger partial charge in [0.1, 0.15) is 0 Å². The Balaban J connectivity index is 0.000000478. The number of aliphatic hydroxyl groups is 2. The van der Waals surface area contributed by atoms with Crippen LogP contribution in [0.4, 0.5) is 0 Å². The summed E-state index contributed by atoms with van der Waals surface area (Å²) in [4.78, 5) is 0. The zero-order valence-electron chi connectivity index (χ0n) is 19.3. The maximum Gasteiger partial charge on any atom is 0.0681 e. The van der Waals surface area contributed by atoms with Gasteiger partial charge < -0.3 is 10.2 Å². The molecule has 0 fully saturated rings. The molecule has 0 aliphatic heterocycles. The highest BCUT2D eigenvalue weighted by atomic mass is 16.3. The molecule has 0 atom stereocenters. The topological polar surface area (TPSA) is 40.5 Å². The Morgan fingerprint density at radius 1 is 0.643 bits per heavy atom. The fourth-order valence-electron chi connectivity index (χ4n) is 3.23. The highest BCUT2D eigenvalue weighted by Gasteiger charge is 2.06. The minimum absolute atomic E-state index is 0.143. The molecular formula is C26H42O2. The molecule has 2 aromatic rings. The van der Waals surface area contributed by atoms with Crippen LogP contribution in [0.2, 0.25) is 0 Å². The molecule has 158 valence electrons. The maximum absolute atomic E-state index is 9.01. The maximum atomic E-state index is 9.01. The highest BCUT2D eigenvalue weighted by molar-refractivity contribution is 5.34. The third-order valence-electron chi connectivity index (χ3n) is 4.79. The SMILES string of the molecule is CC.CCc1cc(CO)ccc1C(C)C.CCc1ccc(CO)cc1C(C)C. The van der Waals surface area contributed by atoms with Crippen molar-refractivity contribution in [3.8, 4) is 0 Å². The monoisotopic (exact) mass is 386 g/mol. The van der Waals surface area contributed by atoms with Gasteiger partial charge in [0.05, 0.1) is 13.2 Å². The molecule has 0 amide bonds. The number of benzene rings is 2. The second-order valence-electron chi connectivity index (χ2n) is 7.40. The highest BCUT2D eigenvalue weighted by Crippen LogP contribution is 2.22. The van der Waals surface area contributed by atoms with Gasteiger partial charge in [0.25, 0.3) is 0 Å². The molecule has 0 saturated heterocycles. The van der Waals surface area contributed by atoms with Crippen molar-refractivity contribution in [2.45, 2.75) is 93.3 Å². The van der Waals surface area contributed by atoms with Crippen molar-refractivity contribution in [2.75, 3.05) is 0 Å². The average molecular weight is 387 g/mol. The molecule has 2 N–H and O–H groups in total. The Bertz CT molecular complexity index is 672. The number of aliphatic hydroxyl groups excluding tert-OH is 2. The Morgan fingerprint density at radius 2 is 1.11 bits per heavy atom. The van der Waals surface area contributed by atoms with E-state index in [1.807, 2.05) is 26.0 Å². The molecule has 0 bridgehead atoms. The van der Waals surface area contributed by atoms with E-state index >= 15 is 0 Å². The number of hydrogen-bond donors (Lipinski definition) is 2. The van der Waals surface area contributed by atoms with Crippen molar-refractivity contribution >= 4 is 0 Å². The van der Waals surface area contributed by atoms with E-state index in [1.54, 1.807) is 0 Å². The van der Waals surface area contributed by atoms with Crippen LogP contribution in [-0.4, -0.2) is 10.2 Å². The van der Waals surface area contributed by atoms with Gasteiger partial charge in [-0.3, -0.25) is 0 Å². The molecule has 2 aromatic carbocycles. The molecule has 0 spiro atoms. The summed E-state index contributed by atoms with van der Waals surface area (Å²) in [6.07, 6.45) is 2.11. The molecule has 0 aliphatic rings. The summed E-state index contributed by atoms with van der Waals surface area (Å²) < 4.78 is 0. The van der Waals surface area contributed by atoms with E-state index in [9.17, 15) is 0 Å². The summed E-state index contributed by atoms with van der Waals surface area (Å²) in [7, 11) is 0. The zero-order chi connectivity index (χ0) is 21.7. The summed E-state index contributed by atoms with van der Waals surface area (Å²) in [6, 6.07) is 12.5. The van der Waals surface area contributed by atoms with Gasteiger partial charge >= 0.3 is 0 Å². The van der Waals surface area contributed by atoms with Gasteiger partial charge in [0, 0.05) is 0 Å². The lowest BCUT2D eigenvalue weighted by Gasteiger charge is -2.12. The quantitative estimate of drug-likeness (QED) is 0.576. The Labute approximate surface area is 173 Å². The molecule has 28 heavy (non-hydrogen) atoms. The Hall–Kier alpha value is -1.64. The van der Waals surface area contributed by atoms with Crippen molar-refractivity contribution in [2.24, 2.45) is 0 Å². The second-order valence-corrected chi connectivity index (χ2v) is 7.40. The van der Waals surface area contributed by atoms with Crippen LogP contribution in [0.5, 0.6) is 0 Å². The largest absolute Gasteiger partial charge is 0.392 e. The lowest BCUT2D eigenvalue weighted by atomic mass is 9.94. The minimum atomic E-state index is 0.143. The van der Waals surface area contributed by atoms with Gasteiger partial charge in [-0.25, -0.2) is 0 Å². The molecule has 2 nitrogen and oxygen atoms in total. The van der Waals surface area contributed by atoms with Gasteiger partial charge in [0.2, 0.25) is 0 Å². The number of aryl methyl sites for hydroxylation is 2. The molecule has 0 aromatic heterocycles. The van der Waals surface area contributed by atoms with Crippen molar-refractivity contribution < 1.29 is 10.2 Å². The number of hydrogen-bond acceptors (Lipinski definition) is 2. The molecule has 0 unspecified atom stereocenters. The Kier molecular flexibility index (Phi) is 13.5. The van der Waals surface area contributed by atoms with E-state index in [2.05, 4.69) is 65.8 Å². The van der Waals surface area contributed by atoms with Gasteiger partial charge in [-0.15, -0.1) is 0 Å². The van der Waals surface area contributed by atoms with Gasteiger partial charge in [-0.2, -0.15) is 0 Å². The van der Waals surface area contributed by atoms with E-state index in [-0.39, 0.29) is 13.2 Å². The summed E-state index contributed by atoms with van der Waals surface area (Å²) >= 11 is 0. The lowest BCUT2D eigenvalue weighted by Crippen LogP contribution is -1.97. The molecular weight excluding hydrogens is 344 g/mol. The van der Waals surface area contributed by atoms with Crippen LogP contribution in [0.25, 0.3) is 0 Å². The summed E-state index contributed by atoms with van der Waals surface area (Å²) in [5.74, 6) is 1.11. The first-order chi connectivity index (χ1) is 13.4. The molecule has 0 radical (unpaired) electrons. The minimum Gasteiger partial charge on any atom is -0.392 e. The van der Waals surface area contributed by atoms with E-state index in [4.69, 9.17) is 10.2 Å². The van der Waals surface area contributed by atoms with E-state index < -0.39 is 0 Å². The molecule has 0 saturated carbocycles. The van der Waals surface area contributed by atoms with Crippen LogP contribution in [-0.2, 0) is 26.1 Å². The van der Waals surface area contributed by atoms with E-state index in [1.165, 1.54) is 22.3 Å². The van der Waals surface area contributed by atoms with Crippen LogP contribution in [0.15, 0.2) is 36.4 Å². The summed E-state index contributed by atoms with van der Waals surface area (Å²) in [6.45, 7) is 17.4. The fourth-order valence-corrected chi connectivity index (χ4v) is 3.23. The molecule has 0 heterocycles. The molecule has 0 aliphatic carbocycles. The first kappa shape index (κ1) is 26.4. The van der Waals surface area contributed by atoms with Crippen LogP contribution >= 0.6 is 0 Å². The van der Waals surface area contributed by atoms with Crippen molar-refractivity contribution in [3.63, 3.8) is 0 Å². The van der Waals surface area contributed by atoms with Crippen LogP contribution < -0.4 is 0 Å². The van der Waals surface area contributed by atoms with Gasteiger partial charge in [-0.05, 0) is 58.1 Å². The Morgan fingerprint density at radius 3 is 1.54 bits per heavy atom. The third-order valence-corrected chi connectivity index (χ3v) is 4.79. The normalized spacial score (nSPS) is 10.3. The van der Waals surface area contributed by atoms with E-state index in [0.717, 1.165) is 24.0 Å².